The van der Waals surface area contributed by atoms with Gasteiger partial charge in [-0.1, -0.05) is 0 Å². The molecule has 1 heteroatoms. The Bertz CT molecular complexity index is 650. The van der Waals surface area contributed by atoms with Gasteiger partial charge in [0.2, 0.25) is 0 Å². The molecule has 0 saturated carbocycles. The van der Waals surface area contributed by atoms with Crippen LogP contribution in [-0.4, -0.2) is 18.4 Å². The molecule has 0 heterocycles. The molecule has 110 valence electrons. The first-order chi connectivity index (χ1) is 10.8. The molecule has 0 atom stereocenters. The van der Waals surface area contributed by atoms with E-state index in [2.05, 4.69) is 97.9 Å². The van der Waals surface area contributed by atoms with Crippen LogP contribution in [0.15, 0.2) is 91.0 Å². The van der Waals surface area contributed by atoms with Crippen LogP contribution in [0.3, 0.4) is 0 Å². The molecular weight excluding hydrogens is 371 g/mol. The average molecular weight is 393 g/mol. The van der Waals surface area contributed by atoms with E-state index < -0.39 is 18.4 Å². The molecule has 0 spiro atoms. The molecule has 0 aliphatic rings. The Balaban J connectivity index is 2.13. The van der Waals surface area contributed by atoms with Crippen LogP contribution >= 0.6 is 0 Å². The molecule has 0 radical (unpaired) electrons. The van der Waals surface area contributed by atoms with Gasteiger partial charge in [-0.2, -0.15) is 0 Å². The van der Waals surface area contributed by atoms with E-state index >= 15 is 0 Å². The molecule has 0 nitrogen and oxygen atoms in total. The van der Waals surface area contributed by atoms with Crippen LogP contribution in [0.25, 0.3) is 0 Å². The minimum atomic E-state index is -2.68. The second-order valence-electron chi connectivity index (χ2n) is 5.83. The third-order valence-corrected chi connectivity index (χ3v) is 19.1. The first kappa shape index (κ1) is 15.4. The summed E-state index contributed by atoms with van der Waals surface area (Å²) >= 11 is -2.68. The zero-order chi connectivity index (χ0) is 15.3. The topological polar surface area (TPSA) is 0 Å². The van der Waals surface area contributed by atoms with Gasteiger partial charge in [0, 0.05) is 0 Å². The summed E-state index contributed by atoms with van der Waals surface area (Å²) in [6.07, 6.45) is 0. The zero-order valence-corrected chi connectivity index (χ0v) is 15.9. The van der Waals surface area contributed by atoms with E-state index in [1.165, 1.54) is 14.4 Å². The number of hydrogen-bond acceptors (Lipinski definition) is 0. The van der Waals surface area contributed by atoms with Crippen LogP contribution in [0, 0.1) is 0 Å². The van der Waals surface area contributed by atoms with Gasteiger partial charge < -0.3 is 0 Å². The van der Waals surface area contributed by atoms with E-state index in [0.717, 1.165) is 0 Å². The van der Waals surface area contributed by atoms with E-state index in [0.29, 0.717) is 0 Å². The number of rotatable bonds is 5. The van der Waals surface area contributed by atoms with Crippen molar-refractivity contribution in [2.45, 2.75) is 15.8 Å². The fourth-order valence-corrected chi connectivity index (χ4v) is 15.9. The molecule has 0 aliphatic carbocycles. The van der Waals surface area contributed by atoms with Crippen molar-refractivity contribution in [1.82, 2.24) is 0 Å². The van der Waals surface area contributed by atoms with Crippen molar-refractivity contribution < 1.29 is 0 Å². The molecule has 0 saturated heterocycles. The van der Waals surface area contributed by atoms with Crippen LogP contribution in [0.5, 0.6) is 0 Å². The van der Waals surface area contributed by atoms with Crippen molar-refractivity contribution in [1.29, 1.82) is 0 Å². The summed E-state index contributed by atoms with van der Waals surface area (Å²) in [5.74, 6) is 0. The van der Waals surface area contributed by atoms with Crippen molar-refractivity contribution in [2.75, 3.05) is 0 Å². The molecule has 0 aliphatic heterocycles. The molecule has 3 rings (SSSR count). The Morgan fingerprint density at radius 3 is 1.41 bits per heavy atom. The Morgan fingerprint density at radius 2 is 1.00 bits per heavy atom. The third-order valence-electron chi connectivity index (χ3n) is 4.61. The molecular formula is C21H22Sn. The van der Waals surface area contributed by atoms with Gasteiger partial charge in [-0.3, -0.25) is 0 Å². The predicted molar refractivity (Wildman–Crippen MR) is 98.5 cm³/mol. The molecule has 0 bridgehead atoms. The van der Waals surface area contributed by atoms with Gasteiger partial charge in [0.15, 0.2) is 0 Å². The van der Waals surface area contributed by atoms with Crippen molar-refractivity contribution in [3.63, 3.8) is 0 Å². The van der Waals surface area contributed by atoms with Gasteiger partial charge in [-0.15, -0.1) is 0 Å². The quantitative estimate of drug-likeness (QED) is 0.574. The molecule has 0 amide bonds. The van der Waals surface area contributed by atoms with E-state index in [1.807, 2.05) is 0 Å². The van der Waals surface area contributed by atoms with Gasteiger partial charge in [-0.05, 0) is 0 Å². The van der Waals surface area contributed by atoms with E-state index in [9.17, 15) is 0 Å². The summed E-state index contributed by atoms with van der Waals surface area (Å²) in [4.78, 5) is 0. The van der Waals surface area contributed by atoms with Gasteiger partial charge in [0.05, 0.1) is 0 Å². The van der Waals surface area contributed by atoms with Crippen molar-refractivity contribution >= 4 is 25.5 Å². The summed E-state index contributed by atoms with van der Waals surface area (Å²) in [7, 11) is 0. The first-order valence-electron chi connectivity index (χ1n) is 8.00. The van der Waals surface area contributed by atoms with Crippen LogP contribution in [-0.2, 0) is 4.44 Å². The van der Waals surface area contributed by atoms with Crippen molar-refractivity contribution in [3.05, 3.63) is 96.6 Å². The van der Waals surface area contributed by atoms with Crippen LogP contribution in [0.4, 0.5) is 0 Å². The third kappa shape index (κ3) is 3.12. The van der Waals surface area contributed by atoms with Crippen molar-refractivity contribution in [2.24, 2.45) is 0 Å². The number of benzene rings is 3. The van der Waals surface area contributed by atoms with Crippen LogP contribution in [0.2, 0.25) is 4.44 Å². The minimum absolute atomic E-state index is 1.24. The van der Waals surface area contributed by atoms with E-state index in [4.69, 9.17) is 0 Å². The molecule has 0 N–H and O–H groups in total. The van der Waals surface area contributed by atoms with Crippen LogP contribution < -0.4 is 7.16 Å². The summed E-state index contributed by atoms with van der Waals surface area (Å²) in [5.41, 5.74) is 1.48. The SMILES string of the molecule is C[CH2][Sn]([CH2]c1ccccc1)([c]1ccccc1)[c]1ccccc1. The van der Waals surface area contributed by atoms with E-state index in [1.54, 1.807) is 7.16 Å². The molecule has 0 unspecified atom stereocenters. The van der Waals surface area contributed by atoms with Crippen LogP contribution in [0.1, 0.15) is 12.5 Å². The number of hydrogen-bond donors (Lipinski definition) is 0. The fraction of sp³-hybridized carbons (Fsp3) is 0.143. The molecule has 22 heavy (non-hydrogen) atoms. The Morgan fingerprint density at radius 1 is 0.591 bits per heavy atom. The Hall–Kier alpha value is -1.54. The predicted octanol–water partition coefficient (Wildman–Crippen LogP) is 4.05. The summed E-state index contributed by atoms with van der Waals surface area (Å²) in [6.45, 7) is 2.39. The molecule has 0 fully saturated rings. The Kier molecular flexibility index (Phi) is 4.99. The van der Waals surface area contributed by atoms with Gasteiger partial charge in [0.25, 0.3) is 0 Å². The normalized spacial score (nSPS) is 11.3. The fourth-order valence-electron chi connectivity index (χ4n) is 3.36. The standard InChI is InChI=1S/C7H7.2C6H5.C2H5.Sn/c1-7-5-3-2-4-6-7;2*1-2-4-6-5-3-1;1-2;/h2-6H,1H2;2*1-5H;1H2,2H3;. The van der Waals surface area contributed by atoms with Gasteiger partial charge in [0.1, 0.15) is 0 Å². The monoisotopic (exact) mass is 394 g/mol. The second-order valence-corrected chi connectivity index (χ2v) is 18.3. The summed E-state index contributed by atoms with van der Waals surface area (Å²) in [5, 5.41) is 0. The Labute approximate surface area is 137 Å². The maximum atomic E-state index is 2.39. The zero-order valence-electron chi connectivity index (χ0n) is 13.1. The molecule has 3 aromatic rings. The average Bonchev–Trinajstić information content (AvgIpc) is 2.62. The molecule has 0 aromatic heterocycles. The van der Waals surface area contributed by atoms with Crippen molar-refractivity contribution in [3.8, 4) is 0 Å². The van der Waals surface area contributed by atoms with Gasteiger partial charge >= 0.3 is 138 Å². The van der Waals surface area contributed by atoms with E-state index in [-0.39, 0.29) is 0 Å². The molecule has 3 aromatic carbocycles. The maximum absolute atomic E-state index is 2.68. The summed E-state index contributed by atoms with van der Waals surface area (Å²) in [6, 6.07) is 33.5. The first-order valence-corrected chi connectivity index (χ1v) is 14.9. The van der Waals surface area contributed by atoms with Gasteiger partial charge in [-0.25, -0.2) is 0 Å². The second kappa shape index (κ2) is 7.15. The summed E-state index contributed by atoms with van der Waals surface area (Å²) < 4.78 is 5.74.